The molecule has 0 spiro atoms. The number of benzene rings is 3. The predicted molar refractivity (Wildman–Crippen MR) is 107 cm³/mol. The van der Waals surface area contributed by atoms with Gasteiger partial charge in [0.2, 0.25) is 6.33 Å². The number of imidazole rings is 1. The molecule has 4 aromatic rings. The van der Waals surface area contributed by atoms with Crippen LogP contribution in [0.25, 0.3) is 22.5 Å². The molecule has 0 amide bonds. The van der Waals surface area contributed by atoms with Crippen LogP contribution in [0, 0.1) is 0 Å². The van der Waals surface area contributed by atoms with E-state index in [-0.39, 0.29) is 5.78 Å². The van der Waals surface area contributed by atoms with Crippen molar-refractivity contribution in [3.8, 4) is 22.5 Å². The minimum absolute atomic E-state index is 0.157. The fraction of sp³-hybridized carbons (Fsp3) is 0.0833. The van der Waals surface area contributed by atoms with Gasteiger partial charge in [0.05, 0.1) is 6.54 Å². The van der Waals surface area contributed by atoms with Crippen LogP contribution < -0.4 is 4.57 Å². The molecule has 27 heavy (non-hydrogen) atoms. The second kappa shape index (κ2) is 7.83. The van der Waals surface area contributed by atoms with Gasteiger partial charge >= 0.3 is 0 Å². The van der Waals surface area contributed by atoms with E-state index in [1.807, 2.05) is 73.1 Å². The molecule has 4 rings (SSSR count). The summed E-state index contributed by atoms with van der Waals surface area (Å²) in [5.74, 6) is 0.157. The van der Waals surface area contributed by atoms with Crippen LogP contribution in [-0.2, 0) is 6.54 Å². The fourth-order valence-corrected chi connectivity index (χ4v) is 3.32. The van der Waals surface area contributed by atoms with Crippen LogP contribution in [0.1, 0.15) is 16.8 Å². The van der Waals surface area contributed by atoms with Gasteiger partial charge in [-0.25, -0.2) is 9.55 Å². The first-order valence-electron chi connectivity index (χ1n) is 9.13. The van der Waals surface area contributed by atoms with Gasteiger partial charge in [0.25, 0.3) is 0 Å². The molecule has 0 bridgehead atoms. The molecular formula is C24H21N2O+. The summed E-state index contributed by atoms with van der Waals surface area (Å²) in [6.45, 7) is 0.626. The molecule has 1 aromatic heterocycles. The van der Waals surface area contributed by atoms with Gasteiger partial charge in [-0.2, -0.15) is 0 Å². The lowest BCUT2D eigenvalue weighted by Crippen LogP contribution is -2.35. The highest BCUT2D eigenvalue weighted by Crippen LogP contribution is 2.27. The molecule has 0 unspecified atom stereocenters. The van der Waals surface area contributed by atoms with Crippen molar-refractivity contribution in [1.29, 1.82) is 0 Å². The smallest absolute Gasteiger partial charge is 0.242 e. The van der Waals surface area contributed by atoms with E-state index in [9.17, 15) is 4.79 Å². The molecule has 0 aliphatic carbocycles. The van der Waals surface area contributed by atoms with E-state index in [0.717, 1.165) is 28.1 Å². The molecule has 3 aromatic carbocycles. The van der Waals surface area contributed by atoms with Crippen molar-refractivity contribution < 1.29 is 9.36 Å². The Morgan fingerprint density at radius 3 is 1.93 bits per heavy atom. The fourth-order valence-electron chi connectivity index (χ4n) is 3.32. The van der Waals surface area contributed by atoms with Crippen LogP contribution in [0.3, 0.4) is 0 Å². The summed E-state index contributed by atoms with van der Waals surface area (Å²) >= 11 is 0. The van der Waals surface area contributed by atoms with Crippen molar-refractivity contribution in [3.63, 3.8) is 0 Å². The number of ketones is 1. The Morgan fingerprint density at radius 1 is 0.741 bits per heavy atom. The topological polar surface area (TPSA) is 36.7 Å². The zero-order valence-electron chi connectivity index (χ0n) is 15.0. The number of aromatic nitrogens is 2. The summed E-state index contributed by atoms with van der Waals surface area (Å²) in [5.41, 5.74) is 5.18. The number of hydrogen-bond acceptors (Lipinski definition) is 1. The van der Waals surface area contributed by atoms with Crippen molar-refractivity contribution in [3.05, 3.63) is 103 Å². The van der Waals surface area contributed by atoms with Crippen LogP contribution >= 0.6 is 0 Å². The Kier molecular flexibility index (Phi) is 4.93. The number of H-pyrrole nitrogens is 1. The van der Waals surface area contributed by atoms with Crippen LogP contribution in [0.2, 0.25) is 0 Å². The molecule has 0 fully saturated rings. The Hall–Kier alpha value is -3.46. The summed E-state index contributed by atoms with van der Waals surface area (Å²) in [7, 11) is 0. The first-order chi connectivity index (χ1) is 13.3. The van der Waals surface area contributed by atoms with E-state index in [0.29, 0.717) is 13.0 Å². The highest BCUT2D eigenvalue weighted by molar-refractivity contribution is 5.95. The molecule has 0 atom stereocenters. The third-order valence-electron chi connectivity index (χ3n) is 4.67. The number of Topliss-reactive ketones (excluding diaryl/α,β-unsaturated/α-hetero) is 1. The molecule has 0 saturated carbocycles. The summed E-state index contributed by atoms with van der Waals surface area (Å²) in [4.78, 5) is 15.9. The number of nitrogens with zero attached hydrogens (tertiary/aromatic N) is 1. The molecule has 3 heteroatoms. The SMILES string of the molecule is O=C(CC[n+]1c[nH]c(-c2ccccc2)c1-c1ccccc1)c1ccccc1. The number of carbonyl (C=O) groups is 1. The zero-order chi connectivity index (χ0) is 18.5. The largest absolute Gasteiger partial charge is 0.294 e. The second-order valence-electron chi connectivity index (χ2n) is 6.46. The predicted octanol–water partition coefficient (Wildman–Crippen LogP) is 4.91. The van der Waals surface area contributed by atoms with Crippen molar-refractivity contribution in [1.82, 2.24) is 4.98 Å². The lowest BCUT2D eigenvalue weighted by molar-refractivity contribution is -0.683. The van der Waals surface area contributed by atoms with E-state index >= 15 is 0 Å². The molecule has 3 nitrogen and oxygen atoms in total. The molecule has 1 heterocycles. The van der Waals surface area contributed by atoms with Gasteiger partial charge in [-0.15, -0.1) is 0 Å². The molecule has 0 aliphatic rings. The number of carbonyl (C=O) groups excluding carboxylic acids is 1. The van der Waals surface area contributed by atoms with Gasteiger partial charge in [-0.1, -0.05) is 91.0 Å². The van der Waals surface area contributed by atoms with Crippen LogP contribution in [0.4, 0.5) is 0 Å². The molecule has 1 N–H and O–H groups in total. The van der Waals surface area contributed by atoms with Gasteiger partial charge < -0.3 is 0 Å². The van der Waals surface area contributed by atoms with E-state index < -0.39 is 0 Å². The van der Waals surface area contributed by atoms with Gasteiger partial charge in [-0.05, 0) is 0 Å². The number of aryl methyl sites for hydroxylation is 1. The van der Waals surface area contributed by atoms with Gasteiger partial charge in [0, 0.05) is 23.1 Å². The average molecular weight is 353 g/mol. The van der Waals surface area contributed by atoms with Crippen molar-refractivity contribution >= 4 is 5.78 Å². The van der Waals surface area contributed by atoms with Gasteiger partial charge in [0.15, 0.2) is 17.2 Å². The molecule has 0 radical (unpaired) electrons. The summed E-state index contributed by atoms with van der Waals surface area (Å²) in [6, 6.07) is 30.1. The van der Waals surface area contributed by atoms with Crippen molar-refractivity contribution in [2.75, 3.05) is 0 Å². The number of rotatable bonds is 6. The third kappa shape index (κ3) is 3.72. The Balaban J connectivity index is 1.67. The monoisotopic (exact) mass is 353 g/mol. The normalized spacial score (nSPS) is 10.7. The highest BCUT2D eigenvalue weighted by atomic mass is 16.1. The average Bonchev–Trinajstić information content (AvgIpc) is 3.18. The first kappa shape index (κ1) is 17.0. The molecule has 132 valence electrons. The Morgan fingerprint density at radius 2 is 1.30 bits per heavy atom. The third-order valence-corrected chi connectivity index (χ3v) is 4.67. The summed E-state index contributed by atoms with van der Waals surface area (Å²) in [6.07, 6.45) is 2.42. The maximum Gasteiger partial charge on any atom is 0.242 e. The molecule has 0 saturated heterocycles. The number of hydrogen-bond donors (Lipinski definition) is 1. The Labute approximate surface area is 158 Å². The molecular weight excluding hydrogens is 332 g/mol. The Bertz CT molecular complexity index is 1020. The standard InChI is InChI=1S/C24H20N2O/c27-22(19-10-4-1-5-11-19)16-17-26-18-25-23(20-12-6-2-7-13-20)24(26)21-14-8-3-9-15-21/h1-15,18H,16-17H2/p+1. The first-order valence-corrected chi connectivity index (χ1v) is 9.13. The van der Waals surface area contributed by atoms with Gasteiger partial charge in [-0.3, -0.25) is 4.79 Å². The summed E-state index contributed by atoms with van der Waals surface area (Å²) in [5, 5.41) is 0. The van der Waals surface area contributed by atoms with E-state index in [1.54, 1.807) is 0 Å². The number of aromatic amines is 1. The summed E-state index contributed by atoms with van der Waals surface area (Å²) < 4.78 is 2.14. The van der Waals surface area contributed by atoms with Gasteiger partial charge in [0.1, 0.15) is 0 Å². The zero-order valence-corrected chi connectivity index (χ0v) is 15.0. The van der Waals surface area contributed by atoms with Crippen LogP contribution in [0.5, 0.6) is 0 Å². The van der Waals surface area contributed by atoms with E-state index in [2.05, 4.69) is 33.8 Å². The minimum Gasteiger partial charge on any atom is -0.294 e. The lowest BCUT2D eigenvalue weighted by atomic mass is 10.0. The lowest BCUT2D eigenvalue weighted by Gasteiger charge is -2.05. The highest BCUT2D eigenvalue weighted by Gasteiger charge is 2.21. The van der Waals surface area contributed by atoms with Crippen LogP contribution in [0.15, 0.2) is 97.3 Å². The minimum atomic E-state index is 0.157. The quantitative estimate of drug-likeness (QED) is 0.388. The van der Waals surface area contributed by atoms with Crippen LogP contribution in [-0.4, -0.2) is 10.8 Å². The maximum absolute atomic E-state index is 12.5. The van der Waals surface area contributed by atoms with E-state index in [4.69, 9.17) is 0 Å². The maximum atomic E-state index is 12.5. The van der Waals surface area contributed by atoms with Crippen molar-refractivity contribution in [2.45, 2.75) is 13.0 Å². The van der Waals surface area contributed by atoms with E-state index in [1.165, 1.54) is 0 Å². The molecule has 0 aliphatic heterocycles. The second-order valence-corrected chi connectivity index (χ2v) is 6.46. The van der Waals surface area contributed by atoms with Crippen molar-refractivity contribution in [2.24, 2.45) is 0 Å². The number of nitrogens with one attached hydrogen (secondary N) is 1.